The van der Waals surface area contributed by atoms with E-state index in [1.165, 1.54) is 26.7 Å². The average molecular weight is 364 g/mol. The van der Waals surface area contributed by atoms with Gasteiger partial charge in [-0.3, -0.25) is 4.79 Å². The summed E-state index contributed by atoms with van der Waals surface area (Å²) in [6, 6.07) is 6.44. The molecule has 134 valence electrons. The van der Waals surface area contributed by atoms with Gasteiger partial charge in [-0.2, -0.15) is 0 Å². The third kappa shape index (κ3) is 3.84. The number of nitrogens with one attached hydrogen (secondary N) is 1. The second-order valence-corrected chi connectivity index (χ2v) is 7.76. The van der Waals surface area contributed by atoms with Gasteiger partial charge in [-0.25, -0.2) is 13.1 Å². The third-order valence-corrected chi connectivity index (χ3v) is 5.76. The standard InChI is InChI=1S/C17H20N2O5S/c1-11-16(12(2)24-18-11)25(21,22)19-17(20)13-7-9-15(10-8-13)23-14-5-3-4-6-14/h7-10,14H,3-6H2,1-2H3,(H,19,20). The predicted molar refractivity (Wildman–Crippen MR) is 90.0 cm³/mol. The highest BCUT2D eigenvalue weighted by Crippen LogP contribution is 2.24. The molecule has 2 aromatic rings. The maximum atomic E-state index is 12.4. The lowest BCUT2D eigenvalue weighted by Crippen LogP contribution is -2.31. The quantitative estimate of drug-likeness (QED) is 0.876. The summed E-state index contributed by atoms with van der Waals surface area (Å²) in [6.45, 7) is 2.99. The van der Waals surface area contributed by atoms with Gasteiger partial charge in [0.2, 0.25) is 0 Å². The minimum absolute atomic E-state index is 0.109. The van der Waals surface area contributed by atoms with Crippen molar-refractivity contribution in [2.75, 3.05) is 0 Å². The number of nitrogens with zero attached hydrogens (tertiary/aromatic N) is 1. The highest BCUT2D eigenvalue weighted by atomic mass is 32.2. The molecular formula is C17H20N2O5S. The Balaban J connectivity index is 1.70. The van der Waals surface area contributed by atoms with Gasteiger partial charge >= 0.3 is 0 Å². The van der Waals surface area contributed by atoms with Gasteiger partial charge < -0.3 is 9.26 Å². The molecule has 1 aliphatic rings. The number of aromatic nitrogens is 1. The maximum Gasteiger partial charge on any atom is 0.269 e. The summed E-state index contributed by atoms with van der Waals surface area (Å²) in [5.41, 5.74) is 0.437. The molecule has 0 unspecified atom stereocenters. The van der Waals surface area contributed by atoms with E-state index in [1.807, 2.05) is 4.72 Å². The lowest BCUT2D eigenvalue weighted by molar-refractivity contribution is 0.0981. The van der Waals surface area contributed by atoms with Crippen LogP contribution in [-0.2, 0) is 10.0 Å². The number of ether oxygens (including phenoxy) is 1. The van der Waals surface area contributed by atoms with Gasteiger partial charge in [-0.15, -0.1) is 0 Å². The van der Waals surface area contributed by atoms with E-state index in [2.05, 4.69) is 5.16 Å². The first-order valence-corrected chi connectivity index (χ1v) is 9.62. The van der Waals surface area contributed by atoms with Crippen molar-refractivity contribution in [1.29, 1.82) is 0 Å². The van der Waals surface area contributed by atoms with Crippen LogP contribution in [0.4, 0.5) is 0 Å². The fourth-order valence-electron chi connectivity index (χ4n) is 2.97. The first kappa shape index (κ1) is 17.5. The number of sulfonamides is 1. The number of aryl methyl sites for hydroxylation is 2. The lowest BCUT2D eigenvalue weighted by atomic mass is 10.2. The van der Waals surface area contributed by atoms with Crippen molar-refractivity contribution in [2.45, 2.75) is 50.5 Å². The number of hydrogen-bond acceptors (Lipinski definition) is 6. The fourth-order valence-corrected chi connectivity index (χ4v) is 4.28. The van der Waals surface area contributed by atoms with Crippen LogP contribution in [0.2, 0.25) is 0 Å². The summed E-state index contributed by atoms with van der Waals surface area (Å²) >= 11 is 0. The molecule has 1 amide bonds. The molecule has 0 aliphatic heterocycles. The van der Waals surface area contributed by atoms with E-state index < -0.39 is 15.9 Å². The second kappa shape index (κ2) is 6.87. The molecule has 8 heteroatoms. The molecule has 7 nitrogen and oxygen atoms in total. The van der Waals surface area contributed by atoms with E-state index in [1.54, 1.807) is 24.3 Å². The zero-order valence-electron chi connectivity index (χ0n) is 14.1. The Kier molecular flexibility index (Phi) is 4.80. The Morgan fingerprint density at radius 3 is 2.40 bits per heavy atom. The highest BCUT2D eigenvalue weighted by Gasteiger charge is 2.26. The third-order valence-electron chi connectivity index (χ3n) is 4.19. The number of hydrogen-bond donors (Lipinski definition) is 1. The van der Waals surface area contributed by atoms with Crippen LogP contribution in [0, 0.1) is 13.8 Å². The fraction of sp³-hybridized carbons (Fsp3) is 0.412. The van der Waals surface area contributed by atoms with Crippen molar-refractivity contribution in [1.82, 2.24) is 9.88 Å². The van der Waals surface area contributed by atoms with E-state index in [4.69, 9.17) is 9.26 Å². The minimum atomic E-state index is -4.04. The van der Waals surface area contributed by atoms with E-state index in [9.17, 15) is 13.2 Å². The van der Waals surface area contributed by atoms with Crippen LogP contribution >= 0.6 is 0 Å². The van der Waals surface area contributed by atoms with Crippen LogP contribution in [0.5, 0.6) is 5.75 Å². The molecule has 1 N–H and O–H groups in total. The molecule has 0 radical (unpaired) electrons. The molecule has 1 saturated carbocycles. The summed E-state index contributed by atoms with van der Waals surface area (Å²) < 4.78 is 37.4. The monoisotopic (exact) mass is 364 g/mol. The normalized spacial score (nSPS) is 15.3. The molecule has 1 heterocycles. The van der Waals surface area contributed by atoms with Crippen molar-refractivity contribution in [3.8, 4) is 5.75 Å². The molecule has 1 aromatic carbocycles. The lowest BCUT2D eigenvalue weighted by Gasteiger charge is -2.13. The smallest absolute Gasteiger partial charge is 0.269 e. The largest absolute Gasteiger partial charge is 0.490 e. The van der Waals surface area contributed by atoms with Crippen molar-refractivity contribution in [2.24, 2.45) is 0 Å². The number of carbonyl (C=O) groups is 1. The zero-order valence-corrected chi connectivity index (χ0v) is 14.9. The van der Waals surface area contributed by atoms with Gasteiger partial charge in [0.1, 0.15) is 11.4 Å². The maximum absolute atomic E-state index is 12.4. The van der Waals surface area contributed by atoms with Crippen LogP contribution in [0.25, 0.3) is 0 Å². The molecule has 1 aromatic heterocycles. The van der Waals surface area contributed by atoms with Gasteiger partial charge in [-0.1, -0.05) is 5.16 Å². The molecule has 0 atom stereocenters. The molecular weight excluding hydrogens is 344 g/mol. The molecule has 25 heavy (non-hydrogen) atoms. The summed E-state index contributed by atoms with van der Waals surface area (Å²) in [7, 11) is -4.04. The Labute approximate surface area is 146 Å². The van der Waals surface area contributed by atoms with Crippen LogP contribution in [0.3, 0.4) is 0 Å². The Morgan fingerprint density at radius 2 is 1.84 bits per heavy atom. The highest BCUT2D eigenvalue weighted by molar-refractivity contribution is 7.90. The molecule has 1 fully saturated rings. The van der Waals surface area contributed by atoms with E-state index in [0.717, 1.165) is 12.8 Å². The average Bonchev–Trinajstić information content (AvgIpc) is 3.17. The molecule has 3 rings (SSSR count). The molecule has 0 saturated heterocycles. The SMILES string of the molecule is Cc1noc(C)c1S(=O)(=O)NC(=O)c1ccc(OC2CCCC2)cc1. The van der Waals surface area contributed by atoms with E-state index in [-0.39, 0.29) is 28.0 Å². The number of carbonyl (C=O) groups excluding carboxylic acids is 1. The summed E-state index contributed by atoms with van der Waals surface area (Å²) in [5, 5.41) is 3.60. The van der Waals surface area contributed by atoms with Gasteiger partial charge in [0.05, 0.1) is 6.10 Å². The van der Waals surface area contributed by atoms with Crippen LogP contribution < -0.4 is 9.46 Å². The van der Waals surface area contributed by atoms with Gasteiger partial charge in [-0.05, 0) is 63.8 Å². The summed E-state index contributed by atoms with van der Waals surface area (Å²) in [5.74, 6) is 0.0996. The predicted octanol–water partition coefficient (Wildman–Crippen LogP) is 2.73. The van der Waals surface area contributed by atoms with Crippen LogP contribution in [0.15, 0.2) is 33.7 Å². The number of benzene rings is 1. The first-order valence-electron chi connectivity index (χ1n) is 8.13. The van der Waals surface area contributed by atoms with Crippen molar-refractivity contribution in [3.63, 3.8) is 0 Å². The van der Waals surface area contributed by atoms with E-state index in [0.29, 0.717) is 5.75 Å². The second-order valence-electron chi connectivity index (χ2n) is 6.14. The van der Waals surface area contributed by atoms with Gasteiger partial charge in [0.15, 0.2) is 10.7 Å². The minimum Gasteiger partial charge on any atom is -0.490 e. The summed E-state index contributed by atoms with van der Waals surface area (Å²) in [6.07, 6.45) is 4.64. The number of rotatable bonds is 5. The van der Waals surface area contributed by atoms with Crippen LogP contribution in [-0.4, -0.2) is 25.6 Å². The Morgan fingerprint density at radius 1 is 1.20 bits per heavy atom. The van der Waals surface area contributed by atoms with E-state index >= 15 is 0 Å². The van der Waals surface area contributed by atoms with Gasteiger partial charge in [0.25, 0.3) is 15.9 Å². The molecule has 0 bridgehead atoms. The van der Waals surface area contributed by atoms with Crippen molar-refractivity contribution >= 4 is 15.9 Å². The molecule has 0 spiro atoms. The van der Waals surface area contributed by atoms with Crippen molar-refractivity contribution < 1.29 is 22.5 Å². The zero-order chi connectivity index (χ0) is 18.0. The van der Waals surface area contributed by atoms with Gasteiger partial charge in [0, 0.05) is 5.56 Å². The topological polar surface area (TPSA) is 98.5 Å². The van der Waals surface area contributed by atoms with Crippen LogP contribution in [0.1, 0.15) is 47.5 Å². The Bertz CT molecular complexity index is 845. The van der Waals surface area contributed by atoms with Crippen molar-refractivity contribution in [3.05, 3.63) is 41.3 Å². The molecule has 1 aliphatic carbocycles. The number of amides is 1. The first-order chi connectivity index (χ1) is 11.9. The summed E-state index contributed by atoms with van der Waals surface area (Å²) in [4.78, 5) is 12.1. The Hall–Kier alpha value is -2.35.